The van der Waals surface area contributed by atoms with Crippen molar-refractivity contribution in [2.75, 3.05) is 22.8 Å². The predicted molar refractivity (Wildman–Crippen MR) is 193 cm³/mol. The van der Waals surface area contributed by atoms with Crippen molar-refractivity contribution in [2.45, 2.75) is 32.6 Å². The first-order valence-corrected chi connectivity index (χ1v) is 19.5. The Morgan fingerprint density at radius 1 is 1.00 bits per heavy atom. The second kappa shape index (κ2) is 17.4. The highest BCUT2D eigenvalue weighted by Gasteiger charge is 2.32. The van der Waals surface area contributed by atoms with Gasteiger partial charge in [-0.2, -0.15) is 0 Å². The number of rotatable bonds is 8. The van der Waals surface area contributed by atoms with Crippen molar-refractivity contribution in [3.05, 3.63) is 94.6 Å². The van der Waals surface area contributed by atoms with Gasteiger partial charge in [-0.25, -0.2) is 39.6 Å². The lowest BCUT2D eigenvalue weighted by atomic mass is 9.98. The minimum Gasteiger partial charge on any atom is -0.411 e. The molecule has 2 aliphatic heterocycles. The van der Waals surface area contributed by atoms with E-state index in [1.807, 2.05) is 0 Å². The van der Waals surface area contributed by atoms with Gasteiger partial charge in [0.05, 0.1) is 37.5 Å². The molecule has 0 saturated carbocycles. The van der Waals surface area contributed by atoms with E-state index in [0.717, 1.165) is 10.6 Å². The van der Waals surface area contributed by atoms with Crippen LogP contribution in [0.1, 0.15) is 47.7 Å². The molecule has 0 bridgehead atoms. The smallest absolute Gasteiger partial charge is 0.411 e. The highest BCUT2D eigenvalue weighted by Crippen LogP contribution is 2.28. The third kappa shape index (κ3) is 10.5. The van der Waals surface area contributed by atoms with Crippen molar-refractivity contribution in [2.24, 2.45) is 17.0 Å². The number of oxime groups is 1. The van der Waals surface area contributed by atoms with Crippen molar-refractivity contribution in [1.29, 1.82) is 0 Å². The van der Waals surface area contributed by atoms with Crippen LogP contribution < -0.4 is 5.76 Å². The minimum absolute atomic E-state index is 0.00722. The molecule has 3 aromatic heterocycles. The zero-order chi connectivity index (χ0) is 47.2. The highest BCUT2D eigenvalue weighted by atomic mass is 79.9. The quantitative estimate of drug-likeness (QED) is 0.0971. The number of hydrogen-bond donors (Lipinski definition) is 1. The van der Waals surface area contributed by atoms with E-state index in [9.17, 15) is 45.7 Å². The third-order valence-electron chi connectivity index (χ3n) is 7.15. The molecule has 5 heterocycles. The molecule has 1 N–H and O–H groups in total. The van der Waals surface area contributed by atoms with Crippen LogP contribution in [0.4, 0.5) is 14.6 Å². The van der Waals surface area contributed by atoms with Gasteiger partial charge in [-0.1, -0.05) is 28.5 Å². The molecule has 0 aliphatic carbocycles. The summed E-state index contributed by atoms with van der Waals surface area (Å²) in [5.74, 6) is -5.01. The van der Waals surface area contributed by atoms with E-state index >= 15 is 0 Å². The summed E-state index contributed by atoms with van der Waals surface area (Å²) in [6.07, 6.45) is -1.11. The number of benzene rings is 2. The molecule has 55 heavy (non-hydrogen) atoms. The largest absolute Gasteiger partial charge is 0.446 e. The van der Waals surface area contributed by atoms with Gasteiger partial charge in [0, 0.05) is 17.4 Å². The van der Waals surface area contributed by atoms with Crippen LogP contribution in [0.2, 0.25) is 0 Å². The third-order valence-corrected chi connectivity index (χ3v) is 10.8. The Morgan fingerprint density at radius 2 is 1.65 bits per heavy atom. The van der Waals surface area contributed by atoms with Gasteiger partial charge in [-0.15, -0.1) is 4.63 Å². The normalized spacial score (nSPS) is 24.4. The van der Waals surface area contributed by atoms with Crippen LogP contribution in [0.25, 0.3) is 17.2 Å². The summed E-state index contributed by atoms with van der Waals surface area (Å²) < 4.78 is 148. The molecule has 294 valence electrons. The van der Waals surface area contributed by atoms with E-state index in [1.54, 1.807) is 0 Å². The zero-order valence-electron chi connectivity index (χ0n) is 35.4. The van der Waals surface area contributed by atoms with Crippen LogP contribution in [0.3, 0.4) is 0 Å². The second-order valence-corrected chi connectivity index (χ2v) is 15.9. The number of halogens is 4. The van der Waals surface area contributed by atoms with Gasteiger partial charge >= 0.3 is 11.6 Å². The van der Waals surface area contributed by atoms with E-state index in [4.69, 9.17) is 11.0 Å². The monoisotopic (exact) mass is 944 g/mol. The topological polar surface area (TPSA) is 270 Å². The summed E-state index contributed by atoms with van der Waals surface area (Å²) in [6.45, 7) is 1.41. The Labute approximate surface area is 337 Å². The summed E-state index contributed by atoms with van der Waals surface area (Å²) in [7, 11) is -8.97. The molecule has 2 fully saturated rings. The number of nitro groups is 1. The Balaban J connectivity index is 0.000000193. The molecule has 25 heteroatoms. The molecular formula is C30H28Br2F2N8O11S2. The lowest BCUT2D eigenvalue weighted by Gasteiger charge is -2.07. The maximum absolute atomic E-state index is 13.4. The van der Waals surface area contributed by atoms with Crippen LogP contribution >= 0.6 is 31.9 Å². The predicted octanol–water partition coefficient (Wildman–Crippen LogP) is 4.50. The fraction of sp³-hybridized carbons (Fsp3) is 0.367. The Kier molecular flexibility index (Phi) is 9.93. The van der Waals surface area contributed by atoms with Crippen LogP contribution in [-0.2, 0) is 32.5 Å². The Bertz CT molecular complexity index is 2880. The van der Waals surface area contributed by atoms with Crippen molar-refractivity contribution in [3.8, 4) is 17.2 Å². The standard InChI is InChI=1S/C15H15BrFN3O4S.C10H3BrFN5O5.C5H10O2S/c16-11-5-9(1-2-12(11)17)6-13(18-21)15-14(19-24-20-15)7-10-3-4-25(22,23)8-10;11-5-3-4(1-2-6(5)12)16-8(14-21-10(16)18)7-9(17(19)20)15-22-13-7;1-5-2-3-8(6,7)4-5/h1-2,5,10,21H,3-4,6-8H2;1-3H;5H,2-4H2,1H3/i4D2,8D2;;3D2,4D2. The average Bonchev–Trinajstić information content (AvgIpc) is 3.99. The molecule has 2 saturated heterocycles. The minimum atomic E-state index is -4.68. The highest BCUT2D eigenvalue weighted by molar-refractivity contribution is 9.10. The zero-order valence-corrected chi connectivity index (χ0v) is 32.2. The summed E-state index contributed by atoms with van der Waals surface area (Å²) in [5.41, 5.74) is -10.0. The fourth-order valence-electron chi connectivity index (χ4n) is 4.71. The van der Waals surface area contributed by atoms with Gasteiger partial charge < -0.3 is 15.3 Å². The number of hydrogen-bond acceptors (Lipinski definition) is 17. The second-order valence-electron chi connectivity index (χ2n) is 11.2. The molecule has 0 amide bonds. The summed E-state index contributed by atoms with van der Waals surface area (Å²) in [4.78, 5) is 21.8. The maximum Gasteiger partial charge on any atom is 0.446 e. The first kappa shape index (κ1) is 31.5. The molecule has 2 unspecified atom stereocenters. The van der Waals surface area contributed by atoms with Crippen LogP contribution in [0.15, 0.2) is 69.1 Å². The lowest BCUT2D eigenvalue weighted by molar-refractivity contribution is -0.390. The first-order valence-electron chi connectivity index (χ1n) is 19.0. The van der Waals surface area contributed by atoms with Crippen molar-refractivity contribution in [3.63, 3.8) is 0 Å². The van der Waals surface area contributed by atoms with Gasteiger partial charge in [-0.05, 0) is 114 Å². The van der Waals surface area contributed by atoms with Gasteiger partial charge in [0.1, 0.15) is 23.0 Å². The van der Waals surface area contributed by atoms with Gasteiger partial charge in [0.2, 0.25) is 5.82 Å². The molecule has 5 aromatic rings. The summed E-state index contributed by atoms with van der Waals surface area (Å²) in [6, 6.07) is 7.80. The number of nitrogens with zero attached hydrogens (tertiary/aromatic N) is 8. The molecule has 7 rings (SSSR count). The average molecular weight is 947 g/mol. The molecule has 2 atom stereocenters. The molecule has 2 aromatic carbocycles. The molecule has 0 radical (unpaired) electrons. The maximum atomic E-state index is 13.4. The van der Waals surface area contributed by atoms with E-state index in [-0.39, 0.29) is 56.8 Å². The van der Waals surface area contributed by atoms with E-state index < -0.39 is 94.6 Å². The van der Waals surface area contributed by atoms with E-state index in [2.05, 4.69) is 76.6 Å². The number of sulfone groups is 2. The van der Waals surface area contributed by atoms with E-state index in [0.29, 0.717) is 5.56 Å². The van der Waals surface area contributed by atoms with Crippen molar-refractivity contribution < 1.29 is 60.5 Å². The molecule has 0 spiro atoms. The van der Waals surface area contributed by atoms with E-state index in [1.165, 1.54) is 37.3 Å². The SMILES string of the molecule is O=c1onc(-c2nonc2[N+](=O)[O-])n1-c1ccc(F)c(Br)c1.[2H]C1([2H])CC(C)C([2H])([2H])S1(=O)=O.[2H]C1([2H])CC(Cc2nonc2C(Cc2ccc(F)c(Br)c2)=NO)C([2H])([2H])S1(=O)=O. The molecule has 19 nitrogen and oxygen atoms in total. The van der Waals surface area contributed by atoms with Gasteiger partial charge in [0.25, 0.3) is 5.69 Å². The molecular weight excluding hydrogens is 910 g/mol. The van der Waals surface area contributed by atoms with Crippen molar-refractivity contribution in [1.82, 2.24) is 30.4 Å². The fourth-order valence-corrected chi connectivity index (χ4v) is 7.78. The first-order chi connectivity index (χ1) is 29.0. The Morgan fingerprint density at radius 3 is 2.22 bits per heavy atom. The van der Waals surface area contributed by atoms with Crippen LogP contribution in [0.5, 0.6) is 0 Å². The summed E-state index contributed by atoms with van der Waals surface area (Å²) >= 11 is 6.03. The number of aromatic nitrogens is 6. The van der Waals surface area contributed by atoms with Gasteiger partial charge in [0.15, 0.2) is 30.5 Å². The van der Waals surface area contributed by atoms with Gasteiger partial charge in [-0.3, -0.25) is 4.52 Å². The summed E-state index contributed by atoms with van der Waals surface area (Å²) in [5, 5.41) is 40.6. The van der Waals surface area contributed by atoms with Crippen LogP contribution in [-0.4, -0.2) is 85.8 Å². The molecule has 2 aliphatic rings. The Hall–Kier alpha value is -4.75. The lowest BCUT2D eigenvalue weighted by Crippen LogP contribution is -2.13. The van der Waals surface area contributed by atoms with Crippen molar-refractivity contribution >= 4 is 63.1 Å². The van der Waals surface area contributed by atoms with Crippen LogP contribution in [0, 0.1) is 33.6 Å².